The predicted octanol–water partition coefficient (Wildman–Crippen LogP) is 3.48. The maximum Gasteiger partial charge on any atom is 0.237 e. The minimum absolute atomic E-state index is 0.0151. The van der Waals surface area contributed by atoms with Gasteiger partial charge >= 0.3 is 0 Å². The Bertz CT molecular complexity index is 636. The topological polar surface area (TPSA) is 50.2 Å². The summed E-state index contributed by atoms with van der Waals surface area (Å²) in [6, 6.07) is 7.81. The first kappa shape index (κ1) is 17.4. The summed E-state index contributed by atoms with van der Waals surface area (Å²) < 4.78 is 2.08. The highest BCUT2D eigenvalue weighted by atomic mass is 32.2. The van der Waals surface area contributed by atoms with Gasteiger partial charge in [-0.05, 0) is 37.6 Å². The van der Waals surface area contributed by atoms with Crippen LogP contribution in [-0.4, -0.2) is 34.8 Å². The molecule has 0 bridgehead atoms. The molecule has 0 aliphatic rings. The van der Waals surface area contributed by atoms with E-state index < -0.39 is 0 Å². The molecule has 23 heavy (non-hydrogen) atoms. The zero-order valence-electron chi connectivity index (χ0n) is 14.1. The summed E-state index contributed by atoms with van der Waals surface area (Å²) in [5.41, 5.74) is 1.91. The van der Waals surface area contributed by atoms with Crippen molar-refractivity contribution >= 4 is 29.0 Å². The molecule has 0 unspecified atom stereocenters. The lowest BCUT2D eigenvalue weighted by atomic mass is 10.2. The molecule has 1 aromatic heterocycles. The average Bonchev–Trinajstić information content (AvgIpc) is 2.95. The summed E-state index contributed by atoms with van der Waals surface area (Å²) in [4.78, 5) is 18.7. The number of anilines is 2. The van der Waals surface area contributed by atoms with Gasteiger partial charge in [-0.2, -0.15) is 0 Å². The maximum atomic E-state index is 12.3. The smallest absolute Gasteiger partial charge is 0.237 e. The number of nitrogens with zero attached hydrogens (tertiary/aromatic N) is 3. The van der Waals surface area contributed by atoms with E-state index in [1.807, 2.05) is 56.4 Å². The average molecular weight is 332 g/mol. The van der Waals surface area contributed by atoms with Crippen molar-refractivity contribution in [2.24, 2.45) is 0 Å². The quantitative estimate of drug-likeness (QED) is 0.789. The predicted molar refractivity (Wildman–Crippen MR) is 97.2 cm³/mol. The Labute approximate surface area is 142 Å². The van der Waals surface area contributed by atoms with Gasteiger partial charge in [0.15, 0.2) is 5.16 Å². The number of hydrogen-bond donors (Lipinski definition) is 1. The fraction of sp³-hybridized carbons (Fsp3) is 0.412. The van der Waals surface area contributed by atoms with Crippen LogP contribution in [0.4, 0.5) is 11.4 Å². The molecule has 1 heterocycles. The normalized spacial score (nSPS) is 12.0. The Hall–Kier alpha value is -1.95. The van der Waals surface area contributed by atoms with Gasteiger partial charge in [0.25, 0.3) is 0 Å². The number of carbonyl (C=O) groups excluding carboxylic acids is 1. The van der Waals surface area contributed by atoms with E-state index in [9.17, 15) is 4.79 Å². The van der Waals surface area contributed by atoms with Crippen LogP contribution >= 0.6 is 11.8 Å². The Morgan fingerprint density at radius 3 is 2.65 bits per heavy atom. The van der Waals surface area contributed by atoms with Crippen molar-refractivity contribution in [1.82, 2.24) is 9.55 Å². The lowest BCUT2D eigenvalue weighted by molar-refractivity contribution is -0.115. The molecule has 0 aliphatic carbocycles. The first-order chi connectivity index (χ1) is 11.0. The van der Waals surface area contributed by atoms with Crippen LogP contribution in [0.5, 0.6) is 0 Å². The number of imidazole rings is 1. The summed E-state index contributed by atoms with van der Waals surface area (Å²) in [6.07, 6.45) is 4.78. The third-order valence-corrected chi connectivity index (χ3v) is 4.56. The van der Waals surface area contributed by atoms with Crippen molar-refractivity contribution in [3.05, 3.63) is 36.7 Å². The van der Waals surface area contributed by atoms with Crippen LogP contribution in [0.25, 0.3) is 0 Å². The van der Waals surface area contributed by atoms with Crippen molar-refractivity contribution in [2.75, 3.05) is 24.3 Å². The monoisotopic (exact) mass is 332 g/mol. The van der Waals surface area contributed by atoms with Crippen molar-refractivity contribution in [1.29, 1.82) is 0 Å². The van der Waals surface area contributed by atoms with E-state index in [4.69, 9.17) is 0 Å². The van der Waals surface area contributed by atoms with Gasteiger partial charge in [0.2, 0.25) is 5.91 Å². The molecule has 0 aliphatic heterocycles. The third-order valence-electron chi connectivity index (χ3n) is 3.44. The molecule has 1 amide bonds. The zero-order valence-corrected chi connectivity index (χ0v) is 14.9. The van der Waals surface area contributed by atoms with Gasteiger partial charge in [0.05, 0.1) is 5.25 Å². The summed E-state index contributed by atoms with van der Waals surface area (Å²) in [7, 11) is 3.98. The van der Waals surface area contributed by atoms with Gasteiger partial charge in [-0.1, -0.05) is 18.7 Å². The summed E-state index contributed by atoms with van der Waals surface area (Å²) >= 11 is 1.48. The molecule has 0 saturated heterocycles. The van der Waals surface area contributed by atoms with Crippen LogP contribution in [0.3, 0.4) is 0 Å². The molecule has 6 heteroatoms. The largest absolute Gasteiger partial charge is 0.378 e. The van der Waals surface area contributed by atoms with Crippen LogP contribution in [0.15, 0.2) is 41.8 Å². The minimum Gasteiger partial charge on any atom is -0.378 e. The molecular weight excluding hydrogens is 308 g/mol. The Kier molecular flexibility index (Phi) is 6.10. The standard InChI is InChI=1S/C17H24N4OS/c1-5-11-21-12-10-18-17(21)23-13(2)16(22)19-14-6-8-15(9-7-14)20(3)4/h6-10,12-13H,5,11H2,1-4H3,(H,19,22)/t13-/m0/s1. The van der Waals surface area contributed by atoms with E-state index in [0.717, 1.165) is 29.5 Å². The van der Waals surface area contributed by atoms with Gasteiger partial charge in [0, 0.05) is 44.4 Å². The number of carbonyl (C=O) groups is 1. The molecule has 2 rings (SSSR count). The number of rotatable bonds is 7. The Balaban J connectivity index is 1.95. The number of thioether (sulfide) groups is 1. The number of benzene rings is 1. The van der Waals surface area contributed by atoms with E-state index in [-0.39, 0.29) is 11.2 Å². The van der Waals surface area contributed by atoms with E-state index in [2.05, 4.69) is 21.8 Å². The molecule has 1 atom stereocenters. The van der Waals surface area contributed by atoms with Crippen LogP contribution < -0.4 is 10.2 Å². The van der Waals surface area contributed by atoms with Gasteiger partial charge < -0.3 is 14.8 Å². The lowest BCUT2D eigenvalue weighted by Crippen LogP contribution is -2.23. The number of aryl methyl sites for hydroxylation is 1. The third kappa shape index (κ3) is 4.76. The minimum atomic E-state index is -0.207. The number of hydrogen-bond acceptors (Lipinski definition) is 4. The second-order valence-corrected chi connectivity index (χ2v) is 6.90. The van der Waals surface area contributed by atoms with Crippen molar-refractivity contribution in [3.8, 4) is 0 Å². The van der Waals surface area contributed by atoms with Gasteiger partial charge in [-0.25, -0.2) is 4.98 Å². The van der Waals surface area contributed by atoms with Crippen LogP contribution in [0, 0.1) is 0 Å². The van der Waals surface area contributed by atoms with Crippen LogP contribution in [0.1, 0.15) is 20.3 Å². The zero-order chi connectivity index (χ0) is 16.8. The molecule has 1 aromatic carbocycles. The highest BCUT2D eigenvalue weighted by Crippen LogP contribution is 2.23. The second-order valence-electron chi connectivity index (χ2n) is 5.59. The van der Waals surface area contributed by atoms with Crippen LogP contribution in [-0.2, 0) is 11.3 Å². The van der Waals surface area contributed by atoms with Crippen molar-refractivity contribution < 1.29 is 4.79 Å². The molecule has 124 valence electrons. The molecule has 0 fully saturated rings. The van der Waals surface area contributed by atoms with Crippen LogP contribution in [0.2, 0.25) is 0 Å². The van der Waals surface area contributed by atoms with Gasteiger partial charge in [0.1, 0.15) is 0 Å². The summed E-state index contributed by atoms with van der Waals surface area (Å²) in [5.74, 6) is -0.0151. The first-order valence-electron chi connectivity index (χ1n) is 7.77. The van der Waals surface area contributed by atoms with E-state index in [1.165, 1.54) is 11.8 Å². The van der Waals surface area contributed by atoms with Crippen molar-refractivity contribution in [2.45, 2.75) is 37.2 Å². The fourth-order valence-corrected chi connectivity index (χ4v) is 3.01. The Morgan fingerprint density at radius 2 is 2.04 bits per heavy atom. The summed E-state index contributed by atoms with van der Waals surface area (Å²) in [5, 5.41) is 3.64. The highest BCUT2D eigenvalue weighted by molar-refractivity contribution is 8.00. The summed E-state index contributed by atoms with van der Waals surface area (Å²) in [6.45, 7) is 4.95. The molecular formula is C17H24N4OS. The Morgan fingerprint density at radius 1 is 1.35 bits per heavy atom. The van der Waals surface area contributed by atoms with Gasteiger partial charge in [-0.15, -0.1) is 0 Å². The number of aromatic nitrogens is 2. The first-order valence-corrected chi connectivity index (χ1v) is 8.65. The molecule has 2 aromatic rings. The molecule has 1 N–H and O–H groups in total. The SMILES string of the molecule is CCCn1ccnc1S[C@@H](C)C(=O)Nc1ccc(N(C)C)cc1. The van der Waals surface area contributed by atoms with Gasteiger partial charge in [-0.3, -0.25) is 4.79 Å². The van der Waals surface area contributed by atoms with Crippen molar-refractivity contribution in [3.63, 3.8) is 0 Å². The fourth-order valence-electron chi connectivity index (χ4n) is 2.12. The lowest BCUT2D eigenvalue weighted by Gasteiger charge is -2.15. The molecule has 5 nitrogen and oxygen atoms in total. The number of nitrogens with one attached hydrogen (secondary N) is 1. The van der Waals surface area contributed by atoms with E-state index in [0.29, 0.717) is 0 Å². The van der Waals surface area contributed by atoms with E-state index >= 15 is 0 Å². The second kappa shape index (κ2) is 8.06. The maximum absolute atomic E-state index is 12.3. The highest BCUT2D eigenvalue weighted by Gasteiger charge is 2.17. The molecule has 0 saturated carbocycles. The van der Waals surface area contributed by atoms with E-state index in [1.54, 1.807) is 6.20 Å². The number of amides is 1. The molecule has 0 radical (unpaired) electrons. The molecule has 0 spiro atoms.